The second kappa shape index (κ2) is 11.1. The molecule has 0 radical (unpaired) electrons. The summed E-state index contributed by atoms with van der Waals surface area (Å²) in [6.07, 6.45) is 1.30. The van der Waals surface area contributed by atoms with Crippen molar-refractivity contribution in [3.8, 4) is 0 Å². The van der Waals surface area contributed by atoms with Gasteiger partial charge in [0.1, 0.15) is 6.29 Å². The molecule has 0 spiro atoms. The Kier molecular flexibility index (Phi) is 8.23. The Morgan fingerprint density at radius 1 is 0.971 bits per heavy atom. The minimum atomic E-state index is -3.80. The van der Waals surface area contributed by atoms with Crippen LogP contribution in [0.3, 0.4) is 0 Å². The van der Waals surface area contributed by atoms with Crippen molar-refractivity contribution in [1.82, 2.24) is 5.32 Å². The number of hydrogen-bond acceptors (Lipinski definition) is 4. The molecule has 7 heteroatoms. The van der Waals surface area contributed by atoms with Crippen molar-refractivity contribution < 1.29 is 18.0 Å². The molecule has 0 bridgehead atoms. The Morgan fingerprint density at radius 3 is 2.38 bits per heavy atom. The third kappa shape index (κ3) is 6.11. The maximum Gasteiger partial charge on any atom is 0.264 e. The predicted octanol–water partition coefficient (Wildman–Crippen LogP) is 4.72. The van der Waals surface area contributed by atoms with Gasteiger partial charge in [0.25, 0.3) is 10.0 Å². The van der Waals surface area contributed by atoms with Gasteiger partial charge in [-0.1, -0.05) is 48.0 Å². The lowest BCUT2D eigenvalue weighted by Gasteiger charge is -2.27. The van der Waals surface area contributed by atoms with Gasteiger partial charge < -0.3 is 5.32 Å². The number of amides is 1. The van der Waals surface area contributed by atoms with E-state index in [1.165, 1.54) is 4.31 Å². The molecule has 34 heavy (non-hydrogen) atoms. The standard InChI is InChI=1S/C27H30N2O4S/c1-20-12-14-25(15-13-20)34(32,33)29(26-10-4-7-21(2)22(26)3)16-6-11-27(31)28-18-23-8-5-9-24(17-23)19-30/h4-5,7-10,12-15,17,19H,6,11,16,18H2,1-3H3,(H,28,31). The molecule has 3 aromatic carbocycles. The molecule has 0 fully saturated rings. The van der Waals surface area contributed by atoms with Crippen molar-refractivity contribution in [3.63, 3.8) is 0 Å². The lowest BCUT2D eigenvalue weighted by molar-refractivity contribution is -0.121. The van der Waals surface area contributed by atoms with Crippen LogP contribution in [-0.2, 0) is 21.4 Å². The van der Waals surface area contributed by atoms with Crippen LogP contribution in [0.25, 0.3) is 0 Å². The summed E-state index contributed by atoms with van der Waals surface area (Å²) in [4.78, 5) is 23.6. The average Bonchev–Trinajstić information content (AvgIpc) is 2.83. The van der Waals surface area contributed by atoms with Gasteiger partial charge in [-0.05, 0) is 68.1 Å². The van der Waals surface area contributed by atoms with E-state index < -0.39 is 10.0 Å². The first kappa shape index (κ1) is 25.2. The van der Waals surface area contributed by atoms with E-state index in [9.17, 15) is 18.0 Å². The molecule has 0 heterocycles. The maximum absolute atomic E-state index is 13.6. The summed E-state index contributed by atoms with van der Waals surface area (Å²) in [6, 6.07) is 19.4. The summed E-state index contributed by atoms with van der Waals surface area (Å²) < 4.78 is 28.5. The minimum absolute atomic E-state index is 0.175. The van der Waals surface area contributed by atoms with E-state index >= 15 is 0 Å². The molecular formula is C27H30N2O4S. The first-order chi connectivity index (χ1) is 16.2. The fraction of sp³-hybridized carbons (Fsp3) is 0.259. The predicted molar refractivity (Wildman–Crippen MR) is 135 cm³/mol. The van der Waals surface area contributed by atoms with E-state index in [0.29, 0.717) is 24.2 Å². The zero-order valence-corrected chi connectivity index (χ0v) is 20.6. The van der Waals surface area contributed by atoms with E-state index in [2.05, 4.69) is 5.32 Å². The topological polar surface area (TPSA) is 83.6 Å². The van der Waals surface area contributed by atoms with Gasteiger partial charge in [0, 0.05) is 25.1 Å². The van der Waals surface area contributed by atoms with Crippen molar-refractivity contribution in [2.45, 2.75) is 45.1 Å². The lowest BCUT2D eigenvalue weighted by Crippen LogP contribution is -2.33. The van der Waals surface area contributed by atoms with Gasteiger partial charge in [0.15, 0.2) is 0 Å². The Labute approximate surface area is 201 Å². The van der Waals surface area contributed by atoms with Crippen LogP contribution in [0, 0.1) is 20.8 Å². The largest absolute Gasteiger partial charge is 0.352 e. The highest BCUT2D eigenvalue weighted by Gasteiger charge is 2.26. The molecule has 0 aliphatic rings. The molecule has 0 saturated carbocycles. The Bertz CT molecular complexity index is 1270. The summed E-state index contributed by atoms with van der Waals surface area (Å²) in [5, 5.41) is 2.84. The zero-order chi connectivity index (χ0) is 24.7. The quantitative estimate of drug-likeness (QED) is 0.428. The van der Waals surface area contributed by atoms with Gasteiger partial charge in [0.05, 0.1) is 10.6 Å². The number of nitrogens with zero attached hydrogens (tertiary/aromatic N) is 1. The number of benzene rings is 3. The van der Waals surface area contributed by atoms with Crippen LogP contribution < -0.4 is 9.62 Å². The molecule has 3 aromatic rings. The van der Waals surface area contributed by atoms with Crippen LogP contribution in [0.1, 0.15) is 45.5 Å². The molecule has 0 atom stereocenters. The van der Waals surface area contributed by atoms with E-state index in [1.54, 1.807) is 48.5 Å². The van der Waals surface area contributed by atoms with E-state index in [4.69, 9.17) is 0 Å². The third-order valence-electron chi connectivity index (χ3n) is 5.80. The Balaban J connectivity index is 1.73. The number of rotatable bonds is 10. The third-order valence-corrected chi connectivity index (χ3v) is 7.62. The molecule has 0 aliphatic carbocycles. The summed E-state index contributed by atoms with van der Waals surface area (Å²) in [5.74, 6) is -0.176. The molecule has 0 saturated heterocycles. The van der Waals surface area contributed by atoms with E-state index in [-0.39, 0.29) is 23.8 Å². The van der Waals surface area contributed by atoms with Crippen LogP contribution in [0.15, 0.2) is 71.6 Å². The Morgan fingerprint density at radius 2 is 1.68 bits per heavy atom. The summed E-state index contributed by atoms with van der Waals surface area (Å²) >= 11 is 0. The second-order valence-electron chi connectivity index (χ2n) is 8.35. The van der Waals surface area contributed by atoms with Crippen molar-refractivity contribution in [3.05, 3.63) is 94.5 Å². The fourth-order valence-electron chi connectivity index (χ4n) is 3.66. The van der Waals surface area contributed by atoms with Crippen LogP contribution in [0.2, 0.25) is 0 Å². The van der Waals surface area contributed by atoms with Crippen LogP contribution in [0.4, 0.5) is 5.69 Å². The number of aldehydes is 1. The number of carbonyl (C=O) groups is 2. The molecular weight excluding hydrogens is 448 g/mol. The van der Waals surface area contributed by atoms with Gasteiger partial charge in [-0.2, -0.15) is 0 Å². The van der Waals surface area contributed by atoms with Crippen LogP contribution >= 0.6 is 0 Å². The fourth-order valence-corrected chi connectivity index (χ4v) is 5.22. The van der Waals surface area contributed by atoms with Crippen molar-refractivity contribution in [2.75, 3.05) is 10.8 Å². The SMILES string of the molecule is Cc1ccc(S(=O)(=O)N(CCCC(=O)NCc2cccc(C=O)c2)c2cccc(C)c2C)cc1. The minimum Gasteiger partial charge on any atom is -0.352 e. The van der Waals surface area contributed by atoms with Gasteiger partial charge in [-0.3, -0.25) is 13.9 Å². The molecule has 0 unspecified atom stereocenters. The molecule has 1 amide bonds. The average molecular weight is 479 g/mol. The number of aryl methyl sites for hydroxylation is 2. The number of sulfonamides is 1. The zero-order valence-electron chi connectivity index (χ0n) is 19.7. The second-order valence-corrected chi connectivity index (χ2v) is 10.2. The summed E-state index contributed by atoms with van der Waals surface area (Å²) in [7, 11) is -3.80. The van der Waals surface area contributed by atoms with E-state index in [0.717, 1.165) is 28.5 Å². The Hall–Kier alpha value is -3.45. The van der Waals surface area contributed by atoms with E-state index in [1.807, 2.05) is 39.0 Å². The maximum atomic E-state index is 13.6. The molecule has 178 valence electrons. The van der Waals surface area contributed by atoms with Crippen LogP contribution in [-0.4, -0.2) is 27.2 Å². The van der Waals surface area contributed by atoms with Gasteiger partial charge >= 0.3 is 0 Å². The number of hydrogen-bond donors (Lipinski definition) is 1. The number of anilines is 1. The first-order valence-corrected chi connectivity index (χ1v) is 12.6. The van der Waals surface area contributed by atoms with Gasteiger partial charge in [0.2, 0.25) is 5.91 Å². The molecule has 6 nitrogen and oxygen atoms in total. The van der Waals surface area contributed by atoms with Gasteiger partial charge in [-0.15, -0.1) is 0 Å². The highest BCUT2D eigenvalue weighted by Crippen LogP contribution is 2.29. The molecule has 3 rings (SSSR count). The molecule has 0 aromatic heterocycles. The van der Waals surface area contributed by atoms with Crippen molar-refractivity contribution in [2.24, 2.45) is 0 Å². The molecule has 1 N–H and O–H groups in total. The van der Waals surface area contributed by atoms with Gasteiger partial charge in [-0.25, -0.2) is 8.42 Å². The summed E-state index contributed by atoms with van der Waals surface area (Å²) in [5.41, 5.74) is 4.86. The van der Waals surface area contributed by atoms with Crippen molar-refractivity contribution >= 4 is 27.9 Å². The number of carbonyl (C=O) groups excluding carboxylic acids is 2. The monoisotopic (exact) mass is 478 g/mol. The summed E-state index contributed by atoms with van der Waals surface area (Å²) in [6.45, 7) is 6.25. The van der Waals surface area contributed by atoms with Crippen molar-refractivity contribution in [1.29, 1.82) is 0 Å². The number of nitrogens with one attached hydrogen (secondary N) is 1. The highest BCUT2D eigenvalue weighted by atomic mass is 32.2. The van der Waals surface area contributed by atoms with Crippen LogP contribution in [0.5, 0.6) is 0 Å². The first-order valence-electron chi connectivity index (χ1n) is 11.2. The smallest absolute Gasteiger partial charge is 0.264 e. The lowest BCUT2D eigenvalue weighted by atomic mass is 10.1. The normalized spacial score (nSPS) is 11.1. The molecule has 0 aliphatic heterocycles. The highest BCUT2D eigenvalue weighted by molar-refractivity contribution is 7.92.